The molecule has 0 spiro atoms. The zero-order valence-electron chi connectivity index (χ0n) is 14.7. The van der Waals surface area contributed by atoms with E-state index in [1.165, 1.54) is 0 Å². The number of H-pyrrole nitrogens is 1. The van der Waals surface area contributed by atoms with Crippen LogP contribution in [-0.4, -0.2) is 46.6 Å². The van der Waals surface area contributed by atoms with E-state index in [4.69, 9.17) is 0 Å². The molecule has 2 N–H and O–H groups in total. The molecule has 0 aliphatic heterocycles. The van der Waals surface area contributed by atoms with Gasteiger partial charge in [0.2, 0.25) is 5.69 Å². The highest BCUT2D eigenvalue weighted by Crippen LogP contribution is 2.23. The zero-order chi connectivity index (χ0) is 18.4. The Morgan fingerprint density at radius 3 is 2.60 bits per heavy atom. The van der Waals surface area contributed by atoms with Gasteiger partial charge in [-0.3, -0.25) is 20.0 Å². The largest absolute Gasteiger partial charge is 0.348 e. The number of carbonyl (C=O) groups excluding carboxylic acids is 1. The van der Waals surface area contributed by atoms with Gasteiger partial charge in [0.1, 0.15) is 5.69 Å². The summed E-state index contributed by atoms with van der Waals surface area (Å²) in [4.78, 5) is 25.2. The monoisotopic (exact) mass is 345 g/mol. The van der Waals surface area contributed by atoms with Crippen LogP contribution in [0.25, 0.3) is 0 Å². The normalized spacial score (nSPS) is 12.2. The maximum absolute atomic E-state index is 12.4. The fourth-order valence-corrected chi connectivity index (χ4v) is 2.70. The number of nitrogens with zero attached hydrogens (tertiary/aromatic N) is 3. The molecule has 1 atom stereocenters. The quantitative estimate of drug-likeness (QED) is 0.564. The molecule has 0 fully saturated rings. The summed E-state index contributed by atoms with van der Waals surface area (Å²) < 4.78 is 0. The topological polar surface area (TPSA) is 104 Å². The lowest BCUT2D eigenvalue weighted by atomic mass is 10.1. The molecule has 8 heteroatoms. The van der Waals surface area contributed by atoms with E-state index in [1.807, 2.05) is 56.3 Å². The predicted molar refractivity (Wildman–Crippen MR) is 94.4 cm³/mol. The van der Waals surface area contributed by atoms with Crippen LogP contribution in [0.4, 0.5) is 5.69 Å². The van der Waals surface area contributed by atoms with Crippen LogP contribution in [0.2, 0.25) is 0 Å². The maximum atomic E-state index is 12.4. The number of likely N-dealkylation sites (N-methyl/N-ethyl adjacent to an activating group) is 1. The molecule has 0 aliphatic carbocycles. The van der Waals surface area contributed by atoms with E-state index >= 15 is 0 Å². The molecule has 1 aromatic heterocycles. The highest BCUT2D eigenvalue weighted by Gasteiger charge is 2.29. The number of amides is 1. The Hall–Kier alpha value is -2.74. The molecule has 0 bridgehead atoms. The van der Waals surface area contributed by atoms with E-state index in [0.717, 1.165) is 12.0 Å². The zero-order valence-corrected chi connectivity index (χ0v) is 14.7. The Morgan fingerprint density at radius 2 is 2.04 bits per heavy atom. The second-order valence-electron chi connectivity index (χ2n) is 6.01. The average Bonchev–Trinajstić information content (AvgIpc) is 3.00. The van der Waals surface area contributed by atoms with E-state index in [1.54, 1.807) is 0 Å². The van der Waals surface area contributed by atoms with Crippen LogP contribution < -0.4 is 5.32 Å². The van der Waals surface area contributed by atoms with Crippen molar-refractivity contribution in [3.8, 4) is 0 Å². The smallest absolute Gasteiger partial charge is 0.322 e. The summed E-state index contributed by atoms with van der Waals surface area (Å²) in [6, 6.07) is 9.71. The summed E-state index contributed by atoms with van der Waals surface area (Å²) in [5.41, 5.74) is 1.03. The molecular weight excluding hydrogens is 322 g/mol. The summed E-state index contributed by atoms with van der Waals surface area (Å²) >= 11 is 0. The first-order valence-electron chi connectivity index (χ1n) is 8.16. The van der Waals surface area contributed by atoms with Crippen LogP contribution in [0.15, 0.2) is 30.3 Å². The molecule has 2 aromatic rings. The van der Waals surface area contributed by atoms with Gasteiger partial charge in [-0.1, -0.05) is 43.7 Å². The third-order valence-corrected chi connectivity index (χ3v) is 3.97. The van der Waals surface area contributed by atoms with Gasteiger partial charge >= 0.3 is 5.69 Å². The second-order valence-corrected chi connectivity index (χ2v) is 6.01. The first-order valence-corrected chi connectivity index (χ1v) is 8.16. The molecule has 0 radical (unpaired) electrons. The van der Waals surface area contributed by atoms with Crippen molar-refractivity contribution in [2.75, 3.05) is 20.6 Å². The minimum atomic E-state index is -0.552. The minimum Gasteiger partial charge on any atom is -0.348 e. The van der Waals surface area contributed by atoms with Gasteiger partial charge in [-0.05, 0) is 26.1 Å². The van der Waals surface area contributed by atoms with Crippen molar-refractivity contribution in [2.45, 2.75) is 25.8 Å². The van der Waals surface area contributed by atoms with Crippen molar-refractivity contribution in [1.29, 1.82) is 0 Å². The van der Waals surface area contributed by atoms with Gasteiger partial charge in [-0.15, -0.1) is 0 Å². The molecule has 2 rings (SSSR count). The molecule has 1 amide bonds. The van der Waals surface area contributed by atoms with E-state index in [-0.39, 0.29) is 17.4 Å². The Morgan fingerprint density at radius 1 is 1.36 bits per heavy atom. The fraction of sp³-hybridized carbons (Fsp3) is 0.412. The standard InChI is InChI=1S/C17H23N5O3/c1-4-8-13-16(22(24)25)15(20-19-13)17(23)18-11-14(21(2)3)12-9-6-5-7-10-12/h5-7,9-10,14H,4,8,11H2,1-3H3,(H,18,23)(H,19,20). The predicted octanol–water partition coefficient (Wildman–Crippen LogP) is 2.30. The number of carbonyl (C=O) groups is 1. The summed E-state index contributed by atoms with van der Waals surface area (Å²) in [6.07, 6.45) is 1.20. The highest BCUT2D eigenvalue weighted by molar-refractivity contribution is 5.96. The number of nitro groups is 1. The average molecular weight is 345 g/mol. The molecule has 0 saturated carbocycles. The van der Waals surface area contributed by atoms with E-state index in [2.05, 4.69) is 15.5 Å². The Bertz CT molecular complexity index is 727. The lowest BCUT2D eigenvalue weighted by molar-refractivity contribution is -0.385. The van der Waals surface area contributed by atoms with E-state index < -0.39 is 10.8 Å². The van der Waals surface area contributed by atoms with Crippen molar-refractivity contribution in [1.82, 2.24) is 20.4 Å². The fourth-order valence-electron chi connectivity index (χ4n) is 2.70. The Kier molecular flexibility index (Phi) is 6.24. The second kappa shape index (κ2) is 8.39. The van der Waals surface area contributed by atoms with E-state index in [9.17, 15) is 14.9 Å². The third kappa shape index (κ3) is 4.42. The van der Waals surface area contributed by atoms with Gasteiger partial charge < -0.3 is 10.2 Å². The van der Waals surface area contributed by atoms with Crippen LogP contribution in [0.1, 0.15) is 41.1 Å². The Labute approximate surface area is 146 Å². The van der Waals surface area contributed by atoms with Crippen molar-refractivity contribution in [2.24, 2.45) is 0 Å². The molecule has 1 aromatic carbocycles. The van der Waals surface area contributed by atoms with Gasteiger partial charge in [0, 0.05) is 6.54 Å². The molecule has 8 nitrogen and oxygen atoms in total. The number of benzene rings is 1. The van der Waals surface area contributed by atoms with Crippen LogP contribution >= 0.6 is 0 Å². The van der Waals surface area contributed by atoms with E-state index in [0.29, 0.717) is 18.7 Å². The van der Waals surface area contributed by atoms with Crippen molar-refractivity contribution >= 4 is 11.6 Å². The SMILES string of the molecule is CCCc1[nH]nc(C(=O)NCC(c2ccccc2)N(C)C)c1[N+](=O)[O-]. The highest BCUT2D eigenvalue weighted by atomic mass is 16.6. The number of rotatable bonds is 8. The van der Waals surface area contributed by atoms with Crippen LogP contribution in [-0.2, 0) is 6.42 Å². The van der Waals surface area contributed by atoms with Gasteiger partial charge in [0.05, 0.1) is 11.0 Å². The summed E-state index contributed by atoms with van der Waals surface area (Å²) in [5.74, 6) is -0.548. The summed E-state index contributed by atoms with van der Waals surface area (Å²) in [5, 5.41) is 20.5. The Balaban J connectivity index is 2.15. The molecule has 1 heterocycles. The molecule has 1 unspecified atom stereocenters. The number of aromatic amines is 1. The number of nitrogens with one attached hydrogen (secondary N) is 2. The summed E-state index contributed by atoms with van der Waals surface area (Å²) in [6.45, 7) is 2.23. The van der Waals surface area contributed by atoms with Gasteiger partial charge in [0.15, 0.2) is 0 Å². The van der Waals surface area contributed by atoms with Crippen LogP contribution in [0.3, 0.4) is 0 Å². The number of hydrogen-bond acceptors (Lipinski definition) is 5. The molecular formula is C17H23N5O3. The molecule has 0 aliphatic rings. The lowest BCUT2D eigenvalue weighted by Crippen LogP contribution is -2.35. The van der Waals surface area contributed by atoms with Crippen LogP contribution in [0, 0.1) is 10.1 Å². The van der Waals surface area contributed by atoms with Crippen molar-refractivity contribution in [3.05, 3.63) is 57.4 Å². The minimum absolute atomic E-state index is 0.0433. The molecule has 0 saturated heterocycles. The molecule has 134 valence electrons. The number of hydrogen-bond donors (Lipinski definition) is 2. The maximum Gasteiger partial charge on any atom is 0.322 e. The van der Waals surface area contributed by atoms with Crippen molar-refractivity contribution in [3.63, 3.8) is 0 Å². The lowest BCUT2D eigenvalue weighted by Gasteiger charge is -2.24. The van der Waals surface area contributed by atoms with Crippen LogP contribution in [0.5, 0.6) is 0 Å². The summed E-state index contributed by atoms with van der Waals surface area (Å²) in [7, 11) is 3.83. The number of aryl methyl sites for hydroxylation is 1. The van der Waals surface area contributed by atoms with Crippen molar-refractivity contribution < 1.29 is 9.72 Å². The number of aromatic nitrogens is 2. The van der Waals surface area contributed by atoms with Gasteiger partial charge in [0.25, 0.3) is 5.91 Å². The van der Waals surface area contributed by atoms with Gasteiger partial charge in [-0.25, -0.2) is 0 Å². The van der Waals surface area contributed by atoms with Gasteiger partial charge in [-0.2, -0.15) is 5.10 Å². The first-order chi connectivity index (χ1) is 12.0. The first kappa shape index (κ1) is 18.6. The third-order valence-electron chi connectivity index (χ3n) is 3.97. The molecule has 25 heavy (non-hydrogen) atoms.